The maximum absolute atomic E-state index is 13.0. The van der Waals surface area contributed by atoms with E-state index in [1.54, 1.807) is 36.5 Å². The van der Waals surface area contributed by atoms with Gasteiger partial charge in [-0.05, 0) is 39.7 Å². The van der Waals surface area contributed by atoms with Gasteiger partial charge in [-0.1, -0.05) is 35.9 Å². The fraction of sp³-hybridized carbons (Fsp3) is 0.100. The average molecular weight is 483 g/mol. The molecule has 0 spiro atoms. The lowest BCUT2D eigenvalue weighted by Gasteiger charge is -2.06. The van der Waals surface area contributed by atoms with Crippen molar-refractivity contribution in [3.8, 4) is 22.6 Å². The third-order valence-corrected chi connectivity index (χ3v) is 5.27. The molecule has 4 aromatic rings. The number of H-pyrrole nitrogens is 1. The Morgan fingerprint density at radius 1 is 1.07 bits per heavy atom. The number of rotatable bonds is 3. The Morgan fingerprint density at radius 2 is 1.76 bits per heavy atom. The minimum Gasteiger partial charge on any atom is -0.392 e. The minimum atomic E-state index is -4.44. The molecule has 0 aliphatic heterocycles. The van der Waals surface area contributed by atoms with Crippen molar-refractivity contribution in [2.75, 3.05) is 0 Å². The van der Waals surface area contributed by atoms with E-state index in [9.17, 15) is 13.2 Å². The highest BCUT2D eigenvalue weighted by Gasteiger charge is 2.31. The number of pyridine rings is 1. The van der Waals surface area contributed by atoms with Gasteiger partial charge in [0.25, 0.3) is 0 Å². The molecule has 0 aliphatic carbocycles. The molecule has 0 saturated carbocycles. The number of aliphatic hydroxyl groups is 1. The molecule has 0 amide bonds. The lowest BCUT2D eigenvalue weighted by atomic mass is 10.1. The number of nitrogens with one attached hydrogen (secondary N) is 1. The average Bonchev–Trinajstić information content (AvgIpc) is 3.12. The standard InChI is InChI=1S/C20H12BrClF3N3O/c21-14-6-13(20(23,24)25)7-16-18(14)28-19(27-16)12-3-1-11(2-4-12)17-15(22)5-10(9-29)8-26-17/h1-8,29H,9H2,(H,27,28). The van der Waals surface area contributed by atoms with Gasteiger partial charge in [0, 0.05) is 21.8 Å². The van der Waals surface area contributed by atoms with E-state index in [0.717, 1.165) is 17.7 Å². The number of halogens is 5. The highest BCUT2D eigenvalue weighted by molar-refractivity contribution is 9.10. The molecule has 148 valence electrons. The summed E-state index contributed by atoms with van der Waals surface area (Å²) < 4.78 is 39.3. The van der Waals surface area contributed by atoms with Gasteiger partial charge in [-0.3, -0.25) is 4.98 Å². The van der Waals surface area contributed by atoms with E-state index in [2.05, 4.69) is 30.9 Å². The Bertz CT molecular complexity index is 1210. The van der Waals surface area contributed by atoms with Gasteiger partial charge in [0.05, 0.1) is 28.4 Å². The second-order valence-electron chi connectivity index (χ2n) is 6.35. The quantitative estimate of drug-likeness (QED) is 0.364. The molecular formula is C20H12BrClF3N3O. The van der Waals surface area contributed by atoms with Gasteiger partial charge < -0.3 is 10.1 Å². The molecule has 4 rings (SSSR count). The molecule has 2 heterocycles. The van der Waals surface area contributed by atoms with Crippen LogP contribution in [0.3, 0.4) is 0 Å². The molecule has 0 unspecified atom stereocenters. The maximum Gasteiger partial charge on any atom is 0.416 e. The number of benzene rings is 2. The third kappa shape index (κ3) is 3.88. The first-order chi connectivity index (χ1) is 13.8. The molecule has 0 radical (unpaired) electrons. The van der Waals surface area contributed by atoms with Crippen LogP contribution in [0.1, 0.15) is 11.1 Å². The molecule has 29 heavy (non-hydrogen) atoms. The summed E-state index contributed by atoms with van der Waals surface area (Å²) in [5.74, 6) is 0.446. The number of imidazole rings is 1. The van der Waals surface area contributed by atoms with E-state index in [1.807, 2.05) is 0 Å². The zero-order chi connectivity index (χ0) is 20.8. The van der Waals surface area contributed by atoms with Crippen LogP contribution in [0.4, 0.5) is 13.2 Å². The zero-order valence-electron chi connectivity index (χ0n) is 14.6. The molecule has 4 nitrogen and oxygen atoms in total. The molecule has 0 fully saturated rings. The molecule has 0 aliphatic rings. The SMILES string of the molecule is OCc1cnc(-c2ccc(-c3nc4c(Br)cc(C(F)(F)F)cc4[nH]3)cc2)c(Cl)c1. The van der Waals surface area contributed by atoms with Crippen molar-refractivity contribution in [3.05, 3.63) is 69.3 Å². The van der Waals surface area contributed by atoms with E-state index in [-0.39, 0.29) is 16.6 Å². The van der Waals surface area contributed by atoms with Crippen LogP contribution in [0.15, 0.2) is 53.1 Å². The summed E-state index contributed by atoms with van der Waals surface area (Å²) >= 11 is 9.40. The molecule has 2 aromatic heterocycles. The van der Waals surface area contributed by atoms with Crippen molar-refractivity contribution in [2.45, 2.75) is 12.8 Å². The third-order valence-electron chi connectivity index (χ3n) is 4.38. The summed E-state index contributed by atoms with van der Waals surface area (Å²) in [6, 6.07) is 10.9. The Labute approximate surface area is 176 Å². The number of hydrogen-bond acceptors (Lipinski definition) is 3. The first kappa shape index (κ1) is 19.9. The predicted octanol–water partition coefficient (Wildman–Crippen LogP) is 6.22. The van der Waals surface area contributed by atoms with Gasteiger partial charge in [0.2, 0.25) is 0 Å². The normalized spacial score (nSPS) is 11.9. The van der Waals surface area contributed by atoms with Gasteiger partial charge in [0.15, 0.2) is 0 Å². The van der Waals surface area contributed by atoms with Gasteiger partial charge in [-0.15, -0.1) is 0 Å². The fourth-order valence-electron chi connectivity index (χ4n) is 2.94. The highest BCUT2D eigenvalue weighted by atomic mass is 79.9. The second-order valence-corrected chi connectivity index (χ2v) is 7.61. The summed E-state index contributed by atoms with van der Waals surface area (Å²) in [4.78, 5) is 11.6. The number of fused-ring (bicyclic) bond motifs is 1. The molecule has 0 atom stereocenters. The molecule has 2 aromatic carbocycles. The summed E-state index contributed by atoms with van der Waals surface area (Å²) in [5.41, 5.74) is 2.60. The second kappa shape index (κ2) is 7.44. The summed E-state index contributed by atoms with van der Waals surface area (Å²) in [7, 11) is 0. The summed E-state index contributed by atoms with van der Waals surface area (Å²) in [6.45, 7) is -0.149. The van der Waals surface area contributed by atoms with Crippen LogP contribution in [0, 0.1) is 0 Å². The van der Waals surface area contributed by atoms with Crippen molar-refractivity contribution >= 4 is 38.6 Å². The Balaban J connectivity index is 1.71. The minimum absolute atomic E-state index is 0.149. The number of alkyl halides is 3. The molecule has 9 heteroatoms. The molecule has 0 bridgehead atoms. The van der Waals surface area contributed by atoms with Crippen LogP contribution in [0.5, 0.6) is 0 Å². The van der Waals surface area contributed by atoms with E-state index >= 15 is 0 Å². The molecular weight excluding hydrogens is 471 g/mol. The highest BCUT2D eigenvalue weighted by Crippen LogP contribution is 2.36. The predicted molar refractivity (Wildman–Crippen MR) is 108 cm³/mol. The van der Waals surface area contributed by atoms with Crippen LogP contribution in [0.2, 0.25) is 5.02 Å². The summed E-state index contributed by atoms with van der Waals surface area (Å²) in [5, 5.41) is 9.57. The van der Waals surface area contributed by atoms with Crippen LogP contribution in [-0.4, -0.2) is 20.1 Å². The topological polar surface area (TPSA) is 61.8 Å². The lowest BCUT2D eigenvalue weighted by Crippen LogP contribution is -2.04. The van der Waals surface area contributed by atoms with Crippen molar-refractivity contribution in [2.24, 2.45) is 0 Å². The maximum atomic E-state index is 13.0. The first-order valence-corrected chi connectivity index (χ1v) is 9.56. The Morgan fingerprint density at radius 3 is 2.38 bits per heavy atom. The monoisotopic (exact) mass is 481 g/mol. The van der Waals surface area contributed by atoms with E-state index in [4.69, 9.17) is 16.7 Å². The summed E-state index contributed by atoms with van der Waals surface area (Å²) in [6.07, 6.45) is -2.90. The van der Waals surface area contributed by atoms with Crippen molar-refractivity contribution in [1.82, 2.24) is 15.0 Å². The molecule has 0 saturated heterocycles. The number of aromatic amines is 1. The largest absolute Gasteiger partial charge is 0.416 e. The number of hydrogen-bond donors (Lipinski definition) is 2. The van der Waals surface area contributed by atoms with E-state index in [1.165, 1.54) is 0 Å². The van der Waals surface area contributed by atoms with Gasteiger partial charge >= 0.3 is 6.18 Å². The number of aromatic nitrogens is 3. The van der Waals surface area contributed by atoms with E-state index < -0.39 is 11.7 Å². The van der Waals surface area contributed by atoms with Gasteiger partial charge in [-0.2, -0.15) is 13.2 Å². The lowest BCUT2D eigenvalue weighted by molar-refractivity contribution is -0.137. The van der Waals surface area contributed by atoms with Crippen molar-refractivity contribution < 1.29 is 18.3 Å². The Hall–Kier alpha value is -2.42. The zero-order valence-corrected chi connectivity index (χ0v) is 16.9. The number of nitrogens with zero attached hydrogens (tertiary/aromatic N) is 2. The first-order valence-electron chi connectivity index (χ1n) is 8.39. The van der Waals surface area contributed by atoms with Crippen LogP contribution >= 0.6 is 27.5 Å². The van der Waals surface area contributed by atoms with Crippen LogP contribution in [0.25, 0.3) is 33.7 Å². The van der Waals surface area contributed by atoms with Gasteiger partial charge in [-0.25, -0.2) is 4.98 Å². The smallest absolute Gasteiger partial charge is 0.392 e. The van der Waals surface area contributed by atoms with Crippen molar-refractivity contribution in [1.29, 1.82) is 0 Å². The van der Waals surface area contributed by atoms with Gasteiger partial charge in [0.1, 0.15) is 11.3 Å². The number of aliphatic hydroxyl groups excluding tert-OH is 1. The van der Waals surface area contributed by atoms with Crippen LogP contribution < -0.4 is 0 Å². The van der Waals surface area contributed by atoms with Crippen LogP contribution in [-0.2, 0) is 12.8 Å². The van der Waals surface area contributed by atoms with E-state index in [0.29, 0.717) is 33.2 Å². The van der Waals surface area contributed by atoms with Crippen molar-refractivity contribution in [3.63, 3.8) is 0 Å². The molecule has 2 N–H and O–H groups in total. The fourth-order valence-corrected chi connectivity index (χ4v) is 3.78. The Kier molecular flexibility index (Phi) is 5.10.